The molecule has 1 aliphatic rings. The first-order valence-electron chi connectivity index (χ1n) is 8.85. The number of furan rings is 1. The zero-order valence-corrected chi connectivity index (χ0v) is 15.2. The second-order valence-corrected chi connectivity index (χ2v) is 6.86. The third kappa shape index (κ3) is 2.55. The Balaban J connectivity index is 2.08. The zero-order valence-electron chi connectivity index (χ0n) is 15.2. The Bertz CT molecular complexity index is 1070. The van der Waals surface area contributed by atoms with Crippen molar-refractivity contribution >= 4 is 0 Å². The predicted octanol–water partition coefficient (Wildman–Crippen LogP) is 3.54. The van der Waals surface area contributed by atoms with Gasteiger partial charge in [0.2, 0.25) is 6.29 Å². The van der Waals surface area contributed by atoms with E-state index in [0.717, 1.165) is 47.3 Å². The number of rotatable bonds is 3. The second-order valence-electron chi connectivity index (χ2n) is 6.86. The second kappa shape index (κ2) is 6.31. The van der Waals surface area contributed by atoms with Crippen LogP contribution in [-0.2, 0) is 13.0 Å². The Morgan fingerprint density at radius 2 is 1.81 bits per heavy atom. The van der Waals surface area contributed by atoms with Crippen LogP contribution in [0.25, 0.3) is 22.3 Å². The number of aliphatic hydroxyl groups excluding tert-OH is 1. The van der Waals surface area contributed by atoms with E-state index < -0.39 is 6.29 Å². The summed E-state index contributed by atoms with van der Waals surface area (Å²) in [6.07, 6.45) is 0.116. The number of phenols is 1. The van der Waals surface area contributed by atoms with E-state index in [-0.39, 0.29) is 11.5 Å². The molecule has 2 aromatic heterocycles. The maximum atomic E-state index is 9.91. The summed E-state index contributed by atoms with van der Waals surface area (Å²) in [6.45, 7) is 4.30. The maximum Gasteiger partial charge on any atom is 0.212 e. The van der Waals surface area contributed by atoms with Gasteiger partial charge >= 0.3 is 0 Å². The van der Waals surface area contributed by atoms with Gasteiger partial charge in [0.1, 0.15) is 23.3 Å². The van der Waals surface area contributed by atoms with Crippen LogP contribution >= 0.6 is 0 Å². The summed E-state index contributed by atoms with van der Waals surface area (Å²) in [5.41, 5.74) is 5.57. The molecule has 6 nitrogen and oxygen atoms in total. The molecule has 138 valence electrons. The number of aryl methyl sites for hydroxylation is 1. The molecule has 0 radical (unpaired) electrons. The Morgan fingerprint density at radius 1 is 1.11 bits per heavy atom. The van der Waals surface area contributed by atoms with E-state index in [1.54, 1.807) is 26.0 Å². The zero-order chi connectivity index (χ0) is 19.3. The van der Waals surface area contributed by atoms with Gasteiger partial charge in [0.15, 0.2) is 5.76 Å². The van der Waals surface area contributed by atoms with Crippen molar-refractivity contribution in [1.82, 2.24) is 4.57 Å². The SMILES string of the molecule is Cc1oc(C(O)O)c(C)c1-c1c(-c2ccc(O)cc2)c2n(c1C#N)CCC2. The molecule has 0 saturated carbocycles. The molecular weight excluding hydrogens is 344 g/mol. The number of aromatic nitrogens is 1. The van der Waals surface area contributed by atoms with Crippen LogP contribution in [0.3, 0.4) is 0 Å². The molecule has 0 unspecified atom stereocenters. The summed E-state index contributed by atoms with van der Waals surface area (Å²) in [5, 5.41) is 38.8. The number of nitriles is 1. The van der Waals surface area contributed by atoms with Crippen molar-refractivity contribution in [3.05, 3.63) is 52.7 Å². The Labute approximate surface area is 156 Å². The molecular formula is C21H20N2O4. The molecule has 4 rings (SSSR count). The lowest BCUT2D eigenvalue weighted by molar-refractivity contribution is -0.0589. The highest BCUT2D eigenvalue weighted by Crippen LogP contribution is 2.46. The fourth-order valence-electron chi connectivity index (χ4n) is 4.17. The van der Waals surface area contributed by atoms with Gasteiger partial charge in [-0.25, -0.2) is 0 Å². The Hall–Kier alpha value is -3.01. The predicted molar refractivity (Wildman–Crippen MR) is 98.9 cm³/mol. The normalized spacial score (nSPS) is 13.2. The van der Waals surface area contributed by atoms with Crippen molar-refractivity contribution in [2.75, 3.05) is 0 Å². The molecule has 0 aliphatic carbocycles. The number of aromatic hydroxyl groups is 1. The molecule has 3 N–H and O–H groups in total. The van der Waals surface area contributed by atoms with Crippen LogP contribution in [-0.4, -0.2) is 19.9 Å². The summed E-state index contributed by atoms with van der Waals surface area (Å²) in [5.74, 6) is 0.809. The maximum absolute atomic E-state index is 9.91. The first-order chi connectivity index (χ1) is 12.9. The molecule has 0 spiro atoms. The summed E-state index contributed by atoms with van der Waals surface area (Å²) in [4.78, 5) is 0. The third-order valence-corrected chi connectivity index (χ3v) is 5.27. The number of fused-ring (bicyclic) bond motifs is 1. The van der Waals surface area contributed by atoms with Crippen molar-refractivity contribution < 1.29 is 19.7 Å². The lowest BCUT2D eigenvalue weighted by Gasteiger charge is -2.09. The number of benzene rings is 1. The summed E-state index contributed by atoms with van der Waals surface area (Å²) >= 11 is 0. The van der Waals surface area contributed by atoms with Gasteiger partial charge in [-0.05, 0) is 44.4 Å². The van der Waals surface area contributed by atoms with Crippen molar-refractivity contribution in [1.29, 1.82) is 5.26 Å². The molecule has 0 bridgehead atoms. The van der Waals surface area contributed by atoms with Gasteiger partial charge in [0.05, 0.1) is 0 Å². The molecule has 6 heteroatoms. The molecule has 1 aliphatic heterocycles. The standard InChI is InChI=1S/C21H20N2O4/c1-11-17(12(2)27-20(11)21(25)26)19-16(10-22)23-9-3-4-15(23)18(19)13-5-7-14(24)8-6-13/h5-8,21,24-26H,3-4,9H2,1-2H3. The Kier molecular flexibility index (Phi) is 4.06. The minimum atomic E-state index is -1.71. The topological polar surface area (TPSA) is 103 Å². The van der Waals surface area contributed by atoms with Gasteiger partial charge in [0.25, 0.3) is 0 Å². The lowest BCUT2D eigenvalue weighted by atomic mass is 9.91. The number of phenolic OH excluding ortho intramolecular Hbond substituents is 1. The van der Waals surface area contributed by atoms with E-state index in [1.165, 1.54) is 0 Å². The van der Waals surface area contributed by atoms with Crippen LogP contribution in [0.1, 0.15) is 41.2 Å². The summed E-state index contributed by atoms with van der Waals surface area (Å²) < 4.78 is 7.65. The minimum Gasteiger partial charge on any atom is -0.508 e. The number of nitrogens with zero attached hydrogens (tertiary/aromatic N) is 2. The lowest BCUT2D eigenvalue weighted by Crippen LogP contribution is -1.97. The average Bonchev–Trinajstić information content (AvgIpc) is 3.28. The van der Waals surface area contributed by atoms with Gasteiger partial charge in [0, 0.05) is 34.5 Å². The van der Waals surface area contributed by atoms with Crippen LogP contribution in [0.2, 0.25) is 0 Å². The van der Waals surface area contributed by atoms with Crippen LogP contribution in [0.15, 0.2) is 28.7 Å². The highest BCUT2D eigenvalue weighted by Gasteiger charge is 2.31. The molecule has 0 fully saturated rings. The van der Waals surface area contributed by atoms with E-state index in [2.05, 4.69) is 6.07 Å². The average molecular weight is 364 g/mol. The fourth-order valence-corrected chi connectivity index (χ4v) is 4.17. The first kappa shape index (κ1) is 17.4. The van der Waals surface area contributed by atoms with Crippen molar-refractivity contribution in [2.45, 2.75) is 39.5 Å². The molecule has 3 heterocycles. The van der Waals surface area contributed by atoms with E-state index in [9.17, 15) is 20.6 Å². The van der Waals surface area contributed by atoms with E-state index in [1.807, 2.05) is 16.7 Å². The molecule has 27 heavy (non-hydrogen) atoms. The highest BCUT2D eigenvalue weighted by atomic mass is 16.5. The molecule has 1 aromatic carbocycles. The highest BCUT2D eigenvalue weighted by molar-refractivity contribution is 5.92. The fraction of sp³-hybridized carbons (Fsp3) is 0.286. The number of hydrogen-bond donors (Lipinski definition) is 3. The van der Waals surface area contributed by atoms with Crippen LogP contribution in [0.5, 0.6) is 5.75 Å². The van der Waals surface area contributed by atoms with Gasteiger partial charge in [-0.15, -0.1) is 0 Å². The van der Waals surface area contributed by atoms with Crippen LogP contribution in [0, 0.1) is 25.2 Å². The quantitative estimate of drug-likeness (QED) is 0.617. The number of aliphatic hydroxyl groups is 2. The van der Waals surface area contributed by atoms with Gasteiger partial charge < -0.3 is 24.3 Å². The molecule has 0 atom stereocenters. The summed E-state index contributed by atoms with van der Waals surface area (Å²) in [6, 6.07) is 9.26. The van der Waals surface area contributed by atoms with E-state index in [0.29, 0.717) is 17.0 Å². The first-order valence-corrected chi connectivity index (χ1v) is 8.85. The molecule has 3 aromatic rings. The van der Waals surface area contributed by atoms with Gasteiger partial charge in [-0.3, -0.25) is 0 Å². The van der Waals surface area contributed by atoms with Crippen LogP contribution < -0.4 is 0 Å². The smallest absolute Gasteiger partial charge is 0.212 e. The summed E-state index contributed by atoms with van der Waals surface area (Å²) in [7, 11) is 0. The van der Waals surface area contributed by atoms with Gasteiger partial charge in [-0.1, -0.05) is 12.1 Å². The Morgan fingerprint density at radius 3 is 2.41 bits per heavy atom. The number of hydrogen-bond acceptors (Lipinski definition) is 5. The molecule has 0 saturated heterocycles. The van der Waals surface area contributed by atoms with Crippen LogP contribution in [0.4, 0.5) is 0 Å². The van der Waals surface area contributed by atoms with Crippen molar-refractivity contribution in [3.63, 3.8) is 0 Å². The van der Waals surface area contributed by atoms with Crippen molar-refractivity contribution in [2.24, 2.45) is 0 Å². The van der Waals surface area contributed by atoms with E-state index in [4.69, 9.17) is 4.42 Å². The van der Waals surface area contributed by atoms with Crippen molar-refractivity contribution in [3.8, 4) is 34.1 Å². The third-order valence-electron chi connectivity index (χ3n) is 5.27. The molecule has 0 amide bonds. The largest absolute Gasteiger partial charge is 0.508 e. The minimum absolute atomic E-state index is 0.0920. The van der Waals surface area contributed by atoms with E-state index >= 15 is 0 Å². The monoisotopic (exact) mass is 364 g/mol. The van der Waals surface area contributed by atoms with Gasteiger partial charge in [-0.2, -0.15) is 5.26 Å².